The Bertz CT molecular complexity index is 317. The Kier molecular flexibility index (Phi) is 5.00. The molecule has 0 bridgehead atoms. The van der Waals surface area contributed by atoms with Crippen LogP contribution in [0.3, 0.4) is 0 Å². The Labute approximate surface area is 109 Å². The zero-order chi connectivity index (χ0) is 12.8. The van der Waals surface area contributed by atoms with Gasteiger partial charge in [-0.25, -0.2) is 0 Å². The number of hydrogen-bond acceptors (Lipinski definition) is 3. The maximum Gasteiger partial charge on any atom is 0.224 e. The van der Waals surface area contributed by atoms with E-state index in [0.29, 0.717) is 12.5 Å². The Morgan fingerprint density at radius 2 is 2.06 bits per heavy atom. The van der Waals surface area contributed by atoms with Crippen molar-refractivity contribution in [2.75, 3.05) is 19.6 Å². The first-order chi connectivity index (χ1) is 8.79. The monoisotopic (exact) mass is 249 g/mol. The molecule has 0 spiro atoms. The molecule has 0 radical (unpaired) electrons. The van der Waals surface area contributed by atoms with Gasteiger partial charge >= 0.3 is 0 Å². The molecule has 1 unspecified atom stereocenters. The van der Waals surface area contributed by atoms with Crippen LogP contribution in [0.1, 0.15) is 44.9 Å². The molecule has 2 aliphatic rings. The lowest BCUT2D eigenvalue weighted by atomic mass is 9.96. The lowest BCUT2D eigenvalue weighted by Crippen LogP contribution is -2.45. The second-order valence-electron chi connectivity index (χ2n) is 5.54. The Morgan fingerprint density at radius 1 is 1.28 bits per heavy atom. The first-order valence-corrected chi connectivity index (χ1v) is 7.19. The highest BCUT2D eigenvalue weighted by Gasteiger charge is 2.27. The van der Waals surface area contributed by atoms with Crippen LogP contribution in [0.15, 0.2) is 0 Å². The molecule has 4 nitrogen and oxygen atoms in total. The molecule has 1 aliphatic heterocycles. The van der Waals surface area contributed by atoms with Gasteiger partial charge in [0.25, 0.3) is 0 Å². The van der Waals surface area contributed by atoms with E-state index in [-0.39, 0.29) is 11.8 Å². The van der Waals surface area contributed by atoms with Crippen LogP contribution in [0.4, 0.5) is 0 Å². The van der Waals surface area contributed by atoms with E-state index in [0.717, 1.165) is 45.3 Å². The Morgan fingerprint density at radius 3 is 2.78 bits per heavy atom. The van der Waals surface area contributed by atoms with E-state index in [4.69, 9.17) is 5.26 Å². The van der Waals surface area contributed by atoms with E-state index < -0.39 is 0 Å². The predicted octanol–water partition coefficient (Wildman–Crippen LogP) is 1.67. The molecule has 1 atom stereocenters. The van der Waals surface area contributed by atoms with Gasteiger partial charge in [0, 0.05) is 25.6 Å². The molecule has 1 saturated carbocycles. The van der Waals surface area contributed by atoms with Crippen molar-refractivity contribution in [2.45, 2.75) is 51.0 Å². The average Bonchev–Trinajstić information content (AvgIpc) is 2.89. The largest absolute Gasteiger partial charge is 0.353 e. The van der Waals surface area contributed by atoms with Gasteiger partial charge in [0.15, 0.2) is 0 Å². The quantitative estimate of drug-likeness (QED) is 0.824. The average molecular weight is 249 g/mol. The van der Waals surface area contributed by atoms with Crippen molar-refractivity contribution in [3.63, 3.8) is 0 Å². The molecule has 1 heterocycles. The summed E-state index contributed by atoms with van der Waals surface area (Å²) in [4.78, 5) is 14.4. The SMILES string of the molecule is N#CCCN1CCCC(C(=O)NC2CCCC2)C1. The zero-order valence-corrected chi connectivity index (χ0v) is 11.0. The molecular weight excluding hydrogens is 226 g/mol. The summed E-state index contributed by atoms with van der Waals surface area (Å²) < 4.78 is 0. The molecule has 100 valence electrons. The molecule has 4 heteroatoms. The minimum absolute atomic E-state index is 0.137. The molecule has 0 aromatic heterocycles. The van der Waals surface area contributed by atoms with Crippen molar-refractivity contribution in [1.29, 1.82) is 5.26 Å². The van der Waals surface area contributed by atoms with Gasteiger partial charge < -0.3 is 10.2 Å². The topological polar surface area (TPSA) is 56.1 Å². The number of nitrogens with zero attached hydrogens (tertiary/aromatic N) is 2. The molecular formula is C14H23N3O. The number of likely N-dealkylation sites (tertiary alicyclic amines) is 1. The molecule has 0 aromatic rings. The highest BCUT2D eigenvalue weighted by Crippen LogP contribution is 2.21. The van der Waals surface area contributed by atoms with Gasteiger partial charge in [-0.3, -0.25) is 4.79 Å². The van der Waals surface area contributed by atoms with Crippen LogP contribution in [0.2, 0.25) is 0 Å². The minimum Gasteiger partial charge on any atom is -0.353 e. The van der Waals surface area contributed by atoms with Crippen molar-refractivity contribution < 1.29 is 4.79 Å². The maximum absolute atomic E-state index is 12.2. The van der Waals surface area contributed by atoms with E-state index >= 15 is 0 Å². The number of rotatable bonds is 4. The number of nitriles is 1. The van der Waals surface area contributed by atoms with E-state index in [2.05, 4.69) is 16.3 Å². The summed E-state index contributed by atoms with van der Waals surface area (Å²) >= 11 is 0. The standard InChI is InChI=1S/C14H23N3O/c15-8-4-10-17-9-3-5-12(11-17)14(18)16-13-6-1-2-7-13/h12-13H,1-7,9-11H2,(H,16,18). The van der Waals surface area contributed by atoms with E-state index in [1.54, 1.807) is 0 Å². The fourth-order valence-corrected chi connectivity index (χ4v) is 3.07. The van der Waals surface area contributed by atoms with Gasteiger partial charge in [-0.05, 0) is 32.2 Å². The third kappa shape index (κ3) is 3.71. The molecule has 1 aliphatic carbocycles. The third-order valence-electron chi connectivity index (χ3n) is 4.12. The van der Waals surface area contributed by atoms with Crippen molar-refractivity contribution in [3.8, 4) is 6.07 Å². The van der Waals surface area contributed by atoms with Gasteiger partial charge in [0.1, 0.15) is 0 Å². The van der Waals surface area contributed by atoms with Crippen molar-refractivity contribution in [1.82, 2.24) is 10.2 Å². The molecule has 0 aromatic carbocycles. The summed E-state index contributed by atoms with van der Waals surface area (Å²) in [6.45, 7) is 2.68. The lowest BCUT2D eigenvalue weighted by molar-refractivity contribution is -0.127. The zero-order valence-electron chi connectivity index (χ0n) is 11.0. The number of piperidine rings is 1. The highest BCUT2D eigenvalue weighted by atomic mass is 16.2. The van der Waals surface area contributed by atoms with Crippen LogP contribution in [-0.2, 0) is 4.79 Å². The molecule has 1 saturated heterocycles. The van der Waals surface area contributed by atoms with Crippen molar-refractivity contribution in [2.24, 2.45) is 5.92 Å². The van der Waals surface area contributed by atoms with Gasteiger partial charge in [0.2, 0.25) is 5.91 Å². The summed E-state index contributed by atoms with van der Waals surface area (Å²) in [5, 5.41) is 11.8. The maximum atomic E-state index is 12.2. The van der Waals surface area contributed by atoms with E-state index in [1.807, 2.05) is 0 Å². The second-order valence-corrected chi connectivity index (χ2v) is 5.54. The lowest BCUT2D eigenvalue weighted by Gasteiger charge is -2.32. The second kappa shape index (κ2) is 6.75. The van der Waals surface area contributed by atoms with Gasteiger partial charge in [0.05, 0.1) is 12.0 Å². The van der Waals surface area contributed by atoms with Crippen LogP contribution in [-0.4, -0.2) is 36.5 Å². The van der Waals surface area contributed by atoms with Gasteiger partial charge in [-0.2, -0.15) is 5.26 Å². The summed E-state index contributed by atoms with van der Waals surface area (Å²) in [6.07, 6.45) is 7.45. The first kappa shape index (κ1) is 13.4. The van der Waals surface area contributed by atoms with Crippen molar-refractivity contribution >= 4 is 5.91 Å². The van der Waals surface area contributed by atoms with Crippen LogP contribution in [0.5, 0.6) is 0 Å². The number of carbonyl (C=O) groups excluding carboxylic acids is 1. The fourth-order valence-electron chi connectivity index (χ4n) is 3.07. The minimum atomic E-state index is 0.137. The summed E-state index contributed by atoms with van der Waals surface area (Å²) in [6, 6.07) is 2.60. The van der Waals surface area contributed by atoms with Gasteiger partial charge in [-0.1, -0.05) is 12.8 Å². The molecule has 1 N–H and O–H groups in total. The third-order valence-corrected chi connectivity index (χ3v) is 4.12. The van der Waals surface area contributed by atoms with Crippen LogP contribution in [0, 0.1) is 17.2 Å². The van der Waals surface area contributed by atoms with E-state index in [1.165, 1.54) is 12.8 Å². The van der Waals surface area contributed by atoms with E-state index in [9.17, 15) is 4.79 Å². The summed E-state index contributed by atoms with van der Waals surface area (Å²) in [5.41, 5.74) is 0. The highest BCUT2D eigenvalue weighted by molar-refractivity contribution is 5.79. The molecule has 1 amide bonds. The summed E-state index contributed by atoms with van der Waals surface area (Å²) in [5.74, 6) is 0.376. The van der Waals surface area contributed by atoms with Crippen LogP contribution in [0.25, 0.3) is 0 Å². The molecule has 2 rings (SSSR count). The number of nitrogens with one attached hydrogen (secondary N) is 1. The van der Waals surface area contributed by atoms with Crippen LogP contribution < -0.4 is 5.32 Å². The molecule has 2 fully saturated rings. The number of hydrogen-bond donors (Lipinski definition) is 1. The number of amides is 1. The number of carbonyl (C=O) groups is 1. The fraction of sp³-hybridized carbons (Fsp3) is 0.857. The Balaban J connectivity index is 1.76. The first-order valence-electron chi connectivity index (χ1n) is 7.19. The van der Waals surface area contributed by atoms with Gasteiger partial charge in [-0.15, -0.1) is 0 Å². The molecule has 18 heavy (non-hydrogen) atoms. The van der Waals surface area contributed by atoms with Crippen molar-refractivity contribution in [3.05, 3.63) is 0 Å². The van der Waals surface area contributed by atoms with Crippen LogP contribution >= 0.6 is 0 Å². The normalized spacial score (nSPS) is 25.8. The smallest absolute Gasteiger partial charge is 0.224 e. The predicted molar refractivity (Wildman–Crippen MR) is 69.8 cm³/mol. The Hall–Kier alpha value is -1.08. The summed E-state index contributed by atoms with van der Waals surface area (Å²) in [7, 11) is 0.